The third-order valence-electron chi connectivity index (χ3n) is 4.55. The fourth-order valence-electron chi connectivity index (χ4n) is 3.24. The number of rotatable bonds is 4. The first-order chi connectivity index (χ1) is 10.7. The number of fused-ring (bicyclic) bond motifs is 3. The second-order valence-electron chi connectivity index (χ2n) is 6.18. The Morgan fingerprint density at radius 1 is 1.18 bits per heavy atom. The van der Waals surface area contributed by atoms with E-state index >= 15 is 0 Å². The Hall–Kier alpha value is -2.15. The zero-order valence-corrected chi connectivity index (χ0v) is 12.7. The van der Waals surface area contributed by atoms with Crippen molar-refractivity contribution in [1.82, 2.24) is 25.1 Å². The second-order valence-corrected chi connectivity index (χ2v) is 6.18. The Morgan fingerprint density at radius 3 is 2.64 bits per heavy atom. The zero-order chi connectivity index (χ0) is 15.0. The average Bonchev–Trinajstić information content (AvgIpc) is 2.94. The highest BCUT2D eigenvalue weighted by atomic mass is 16.5. The zero-order valence-electron chi connectivity index (χ0n) is 12.7. The Kier molecular flexibility index (Phi) is 3.22. The number of nitrogens with one attached hydrogen (secondary N) is 2. The van der Waals surface area contributed by atoms with Crippen molar-refractivity contribution >= 4 is 11.6 Å². The van der Waals surface area contributed by atoms with Gasteiger partial charge in [-0.3, -0.25) is 10.1 Å². The number of H-pyrrole nitrogens is 1. The molecule has 7 heteroatoms. The summed E-state index contributed by atoms with van der Waals surface area (Å²) in [5.74, 6) is 1.97. The van der Waals surface area contributed by atoms with Crippen LogP contribution in [-0.4, -0.2) is 50.3 Å². The molecule has 2 aromatic rings. The number of hydrogen-bond donors (Lipinski definition) is 2. The maximum absolute atomic E-state index is 6.25. The number of hydrogen-bond acceptors (Lipinski definition) is 6. The normalized spacial score (nSPS) is 26.9. The number of piperidine rings is 3. The Bertz CT molecular complexity index is 648. The van der Waals surface area contributed by atoms with Crippen molar-refractivity contribution in [2.24, 2.45) is 0 Å². The van der Waals surface area contributed by atoms with Gasteiger partial charge in [0.2, 0.25) is 5.88 Å². The first-order valence-corrected chi connectivity index (χ1v) is 7.73. The van der Waals surface area contributed by atoms with E-state index < -0.39 is 0 Å². The summed E-state index contributed by atoms with van der Waals surface area (Å²) in [5, 5.41) is 10.2. The number of ether oxygens (including phenoxy) is 1. The van der Waals surface area contributed by atoms with Crippen molar-refractivity contribution in [2.75, 3.05) is 25.0 Å². The molecule has 0 saturated carbocycles. The van der Waals surface area contributed by atoms with Gasteiger partial charge in [0.25, 0.3) is 0 Å². The van der Waals surface area contributed by atoms with Crippen LogP contribution in [0, 0.1) is 6.92 Å². The number of aryl methyl sites for hydroxylation is 1. The molecule has 2 aromatic heterocycles. The second kappa shape index (κ2) is 5.24. The Morgan fingerprint density at radius 2 is 1.95 bits per heavy atom. The monoisotopic (exact) mass is 300 g/mol. The van der Waals surface area contributed by atoms with E-state index in [0.717, 1.165) is 50.4 Å². The summed E-state index contributed by atoms with van der Waals surface area (Å²) in [6.45, 7) is 5.33. The van der Waals surface area contributed by atoms with Gasteiger partial charge in [-0.2, -0.15) is 10.1 Å². The molecule has 3 aliphatic heterocycles. The van der Waals surface area contributed by atoms with Crippen molar-refractivity contribution in [3.8, 4) is 5.88 Å². The van der Waals surface area contributed by atoms with Crippen molar-refractivity contribution in [2.45, 2.75) is 31.8 Å². The van der Waals surface area contributed by atoms with Gasteiger partial charge in [0.15, 0.2) is 11.6 Å². The molecule has 0 aliphatic carbocycles. The standard InChI is InChI=1S/C15H20N6O/c1-11-8-12(20-19-11)17-13-9-16-10-14(18-13)22-15-2-5-21(6-3-15)7-4-15/h8-10H,2-7H2,1H3,(H2,17,18,19,20). The van der Waals surface area contributed by atoms with E-state index in [1.165, 1.54) is 0 Å². The van der Waals surface area contributed by atoms with Gasteiger partial charge in [-0.15, -0.1) is 0 Å². The predicted octanol–water partition coefficient (Wildman–Crippen LogP) is 1.87. The maximum Gasteiger partial charge on any atom is 0.234 e. The van der Waals surface area contributed by atoms with E-state index in [1.807, 2.05) is 13.0 Å². The van der Waals surface area contributed by atoms with Gasteiger partial charge in [0.1, 0.15) is 5.60 Å². The highest BCUT2D eigenvalue weighted by molar-refractivity contribution is 5.50. The molecule has 3 fully saturated rings. The molecule has 116 valence electrons. The molecule has 22 heavy (non-hydrogen) atoms. The minimum absolute atomic E-state index is 0.0506. The summed E-state index contributed by atoms with van der Waals surface area (Å²) in [5.41, 5.74) is 0.945. The molecule has 0 amide bonds. The quantitative estimate of drug-likeness (QED) is 0.897. The van der Waals surface area contributed by atoms with Gasteiger partial charge in [-0.25, -0.2) is 0 Å². The molecule has 3 aliphatic rings. The molecule has 2 N–H and O–H groups in total. The third-order valence-corrected chi connectivity index (χ3v) is 4.55. The molecule has 0 aromatic carbocycles. The lowest BCUT2D eigenvalue weighted by Crippen LogP contribution is -2.55. The summed E-state index contributed by atoms with van der Waals surface area (Å²) in [4.78, 5) is 11.2. The molecule has 5 heterocycles. The van der Waals surface area contributed by atoms with Crippen LogP contribution in [0.5, 0.6) is 5.88 Å². The smallest absolute Gasteiger partial charge is 0.234 e. The topological polar surface area (TPSA) is 79.0 Å². The van der Waals surface area contributed by atoms with Crippen LogP contribution in [0.1, 0.15) is 25.0 Å². The fourth-order valence-corrected chi connectivity index (χ4v) is 3.24. The molecular formula is C15H20N6O. The summed E-state index contributed by atoms with van der Waals surface area (Å²) in [6.07, 6.45) is 6.59. The van der Waals surface area contributed by atoms with E-state index in [2.05, 4.69) is 30.4 Å². The Labute approximate surface area is 129 Å². The number of nitrogens with zero attached hydrogens (tertiary/aromatic N) is 4. The molecule has 2 bridgehead atoms. The molecule has 5 rings (SSSR count). The van der Waals surface area contributed by atoms with Crippen LogP contribution in [0.25, 0.3) is 0 Å². The van der Waals surface area contributed by atoms with Gasteiger partial charge in [0.05, 0.1) is 12.4 Å². The molecule has 7 nitrogen and oxygen atoms in total. The van der Waals surface area contributed by atoms with E-state index in [-0.39, 0.29) is 5.60 Å². The van der Waals surface area contributed by atoms with E-state index in [9.17, 15) is 0 Å². The molecular weight excluding hydrogens is 280 g/mol. The van der Waals surface area contributed by atoms with E-state index in [1.54, 1.807) is 12.4 Å². The van der Waals surface area contributed by atoms with Crippen LogP contribution in [0.2, 0.25) is 0 Å². The first-order valence-electron chi connectivity index (χ1n) is 7.73. The van der Waals surface area contributed by atoms with Gasteiger partial charge < -0.3 is 15.0 Å². The van der Waals surface area contributed by atoms with E-state index in [0.29, 0.717) is 11.7 Å². The highest BCUT2D eigenvalue weighted by Crippen LogP contribution is 2.35. The lowest BCUT2D eigenvalue weighted by atomic mass is 9.83. The van der Waals surface area contributed by atoms with Crippen LogP contribution in [-0.2, 0) is 0 Å². The molecule has 0 spiro atoms. The Balaban J connectivity index is 1.49. The van der Waals surface area contributed by atoms with Crippen LogP contribution in [0.3, 0.4) is 0 Å². The summed E-state index contributed by atoms with van der Waals surface area (Å²) < 4.78 is 6.25. The fraction of sp³-hybridized carbons (Fsp3) is 0.533. The molecule has 0 atom stereocenters. The maximum atomic E-state index is 6.25. The predicted molar refractivity (Wildman–Crippen MR) is 82.3 cm³/mol. The first kappa shape index (κ1) is 13.5. The van der Waals surface area contributed by atoms with Crippen LogP contribution in [0.4, 0.5) is 11.6 Å². The molecule has 0 radical (unpaired) electrons. The van der Waals surface area contributed by atoms with Gasteiger partial charge >= 0.3 is 0 Å². The van der Waals surface area contributed by atoms with Crippen LogP contribution >= 0.6 is 0 Å². The SMILES string of the molecule is Cc1cc(Nc2cncc(OC34CCN(CC3)CC4)n2)n[nH]1. The highest BCUT2D eigenvalue weighted by Gasteiger charge is 2.41. The van der Waals surface area contributed by atoms with Crippen molar-refractivity contribution in [3.05, 3.63) is 24.2 Å². The molecule has 3 saturated heterocycles. The van der Waals surface area contributed by atoms with Crippen molar-refractivity contribution in [1.29, 1.82) is 0 Å². The summed E-state index contributed by atoms with van der Waals surface area (Å²) in [7, 11) is 0. The largest absolute Gasteiger partial charge is 0.470 e. The van der Waals surface area contributed by atoms with Gasteiger partial charge in [0, 0.05) is 31.4 Å². The number of aromatic nitrogens is 4. The van der Waals surface area contributed by atoms with E-state index in [4.69, 9.17) is 4.74 Å². The lowest BCUT2D eigenvalue weighted by molar-refractivity contribution is -0.0538. The number of anilines is 2. The average molecular weight is 300 g/mol. The van der Waals surface area contributed by atoms with Crippen LogP contribution < -0.4 is 10.1 Å². The van der Waals surface area contributed by atoms with Crippen LogP contribution in [0.15, 0.2) is 18.5 Å². The molecule has 0 unspecified atom stereocenters. The summed E-state index contributed by atoms with van der Waals surface area (Å²) in [6, 6.07) is 1.92. The van der Waals surface area contributed by atoms with Gasteiger partial charge in [-0.1, -0.05) is 0 Å². The third kappa shape index (κ3) is 2.64. The minimum Gasteiger partial charge on any atom is -0.470 e. The minimum atomic E-state index is -0.0506. The van der Waals surface area contributed by atoms with Crippen molar-refractivity contribution < 1.29 is 4.74 Å². The lowest BCUT2D eigenvalue weighted by Gasteiger charge is -2.47. The van der Waals surface area contributed by atoms with Crippen molar-refractivity contribution in [3.63, 3.8) is 0 Å². The van der Waals surface area contributed by atoms with Gasteiger partial charge in [-0.05, 0) is 26.2 Å². The summed E-state index contributed by atoms with van der Waals surface area (Å²) >= 11 is 0. The number of aromatic amines is 1.